The average Bonchev–Trinajstić information content (AvgIpc) is 2.35. The number of nitrogens with zero attached hydrogens (tertiary/aromatic N) is 1. The second kappa shape index (κ2) is 5.10. The molecule has 0 bridgehead atoms. The molecular weight excluding hydrogens is 240 g/mol. The molecule has 0 aliphatic heterocycles. The van der Waals surface area contributed by atoms with E-state index < -0.39 is 24.0 Å². The minimum absolute atomic E-state index is 0.152. The number of aromatic nitrogens is 1. The summed E-state index contributed by atoms with van der Waals surface area (Å²) < 4.78 is 32.2. The van der Waals surface area contributed by atoms with Gasteiger partial charge in [0, 0.05) is 5.69 Å². The molecule has 1 N–H and O–H groups in total. The van der Waals surface area contributed by atoms with Crippen LogP contribution in [0.15, 0.2) is 30.5 Å². The van der Waals surface area contributed by atoms with Gasteiger partial charge in [0.25, 0.3) is 0 Å². The Labute approximate surface area is 103 Å². The highest BCUT2D eigenvalue weighted by molar-refractivity contribution is 5.35. The van der Waals surface area contributed by atoms with Crippen molar-refractivity contribution in [2.75, 3.05) is 0 Å². The Morgan fingerprint density at radius 3 is 2.39 bits per heavy atom. The fourth-order valence-electron chi connectivity index (χ4n) is 1.43. The maximum absolute atomic E-state index is 13.6. The smallest absolute Gasteiger partial charge is 0.198 e. The third-order valence-corrected chi connectivity index (χ3v) is 2.34. The Kier molecular flexibility index (Phi) is 3.53. The maximum Gasteiger partial charge on any atom is 0.198 e. The molecule has 0 fully saturated rings. The van der Waals surface area contributed by atoms with Crippen molar-refractivity contribution in [3.8, 4) is 11.5 Å². The van der Waals surface area contributed by atoms with Crippen LogP contribution in [0.5, 0.6) is 11.5 Å². The molecule has 0 amide bonds. The highest BCUT2D eigenvalue weighted by atomic mass is 19.1. The van der Waals surface area contributed by atoms with E-state index in [9.17, 15) is 8.78 Å². The number of hydrogen-bond donors (Lipinski definition) is 1. The molecule has 1 aromatic carbocycles. The van der Waals surface area contributed by atoms with E-state index in [1.165, 1.54) is 6.20 Å². The van der Waals surface area contributed by atoms with Gasteiger partial charge in [0.1, 0.15) is 5.75 Å². The van der Waals surface area contributed by atoms with Crippen LogP contribution in [0.1, 0.15) is 11.3 Å². The van der Waals surface area contributed by atoms with Crippen LogP contribution in [-0.2, 0) is 6.61 Å². The third kappa shape index (κ3) is 2.62. The molecule has 0 spiro atoms. The van der Waals surface area contributed by atoms with Gasteiger partial charge in [-0.2, -0.15) is 0 Å². The van der Waals surface area contributed by atoms with Crippen molar-refractivity contribution in [1.82, 2.24) is 4.98 Å². The highest BCUT2D eigenvalue weighted by Gasteiger charge is 2.13. The first-order valence-corrected chi connectivity index (χ1v) is 5.29. The molecule has 3 nitrogen and oxygen atoms in total. The summed E-state index contributed by atoms with van der Waals surface area (Å²) in [5.41, 5.74) is 0.929. The van der Waals surface area contributed by atoms with Crippen LogP contribution in [0.3, 0.4) is 0 Å². The largest absolute Gasteiger partial charge is 0.450 e. The van der Waals surface area contributed by atoms with Crippen LogP contribution in [0.4, 0.5) is 8.78 Å². The zero-order valence-corrected chi connectivity index (χ0v) is 9.65. The molecule has 2 rings (SSSR count). The van der Waals surface area contributed by atoms with E-state index in [-0.39, 0.29) is 11.3 Å². The molecule has 0 saturated carbocycles. The van der Waals surface area contributed by atoms with Crippen LogP contribution in [0, 0.1) is 18.6 Å². The maximum atomic E-state index is 13.6. The van der Waals surface area contributed by atoms with E-state index in [4.69, 9.17) is 9.84 Å². The van der Waals surface area contributed by atoms with E-state index in [0.29, 0.717) is 0 Å². The van der Waals surface area contributed by atoms with Crippen molar-refractivity contribution in [1.29, 1.82) is 0 Å². The molecule has 94 valence electrons. The third-order valence-electron chi connectivity index (χ3n) is 2.34. The number of aryl methyl sites for hydroxylation is 1. The first kappa shape index (κ1) is 12.4. The SMILES string of the molecule is Cc1ccc(Oc2c(F)cc(CO)cc2F)cn1. The average molecular weight is 251 g/mol. The topological polar surface area (TPSA) is 42.4 Å². The van der Waals surface area contributed by atoms with Gasteiger partial charge in [-0.15, -0.1) is 0 Å². The summed E-state index contributed by atoms with van der Waals surface area (Å²) in [4.78, 5) is 3.96. The lowest BCUT2D eigenvalue weighted by molar-refractivity contribution is 0.279. The molecule has 5 heteroatoms. The van der Waals surface area contributed by atoms with E-state index in [1.807, 2.05) is 0 Å². The summed E-state index contributed by atoms with van der Waals surface area (Å²) >= 11 is 0. The summed E-state index contributed by atoms with van der Waals surface area (Å²) in [5, 5.41) is 8.81. The molecule has 0 radical (unpaired) electrons. The molecule has 1 heterocycles. The van der Waals surface area contributed by atoms with Gasteiger partial charge < -0.3 is 9.84 Å². The zero-order chi connectivity index (χ0) is 13.1. The van der Waals surface area contributed by atoms with Crippen molar-refractivity contribution in [2.45, 2.75) is 13.5 Å². The number of ether oxygens (including phenoxy) is 1. The summed E-state index contributed by atoms with van der Waals surface area (Å²) in [6.07, 6.45) is 1.38. The van der Waals surface area contributed by atoms with Gasteiger partial charge in [0.15, 0.2) is 17.4 Å². The normalized spacial score (nSPS) is 10.4. The van der Waals surface area contributed by atoms with Crippen LogP contribution >= 0.6 is 0 Å². The lowest BCUT2D eigenvalue weighted by atomic mass is 10.2. The molecule has 0 atom stereocenters. The molecular formula is C13H11F2NO2. The Bertz CT molecular complexity index is 532. The van der Waals surface area contributed by atoms with Gasteiger partial charge in [-0.1, -0.05) is 0 Å². The fourth-order valence-corrected chi connectivity index (χ4v) is 1.43. The van der Waals surface area contributed by atoms with Crippen molar-refractivity contribution >= 4 is 0 Å². The van der Waals surface area contributed by atoms with E-state index in [1.54, 1.807) is 19.1 Å². The van der Waals surface area contributed by atoms with Crippen molar-refractivity contribution in [3.05, 3.63) is 53.4 Å². The standard InChI is InChI=1S/C13H11F2NO2/c1-8-2-3-10(6-16-8)18-13-11(14)4-9(7-17)5-12(13)15/h2-6,17H,7H2,1H3. The molecule has 0 aliphatic rings. The summed E-state index contributed by atoms with van der Waals surface area (Å²) in [6.45, 7) is 1.36. The lowest BCUT2D eigenvalue weighted by Gasteiger charge is -2.09. The molecule has 1 aromatic heterocycles. The van der Waals surface area contributed by atoms with Crippen LogP contribution in [-0.4, -0.2) is 10.1 Å². The number of benzene rings is 1. The van der Waals surface area contributed by atoms with Crippen molar-refractivity contribution in [3.63, 3.8) is 0 Å². The van der Waals surface area contributed by atoms with Crippen molar-refractivity contribution in [2.24, 2.45) is 0 Å². The second-order valence-corrected chi connectivity index (χ2v) is 3.78. The number of hydrogen-bond acceptors (Lipinski definition) is 3. The quantitative estimate of drug-likeness (QED) is 0.911. The van der Waals surface area contributed by atoms with Gasteiger partial charge in [0.05, 0.1) is 12.8 Å². The van der Waals surface area contributed by atoms with Gasteiger partial charge in [-0.25, -0.2) is 8.78 Å². The predicted molar refractivity (Wildman–Crippen MR) is 61.3 cm³/mol. The monoisotopic (exact) mass is 251 g/mol. The Morgan fingerprint density at radius 2 is 1.89 bits per heavy atom. The van der Waals surface area contributed by atoms with Crippen LogP contribution in [0.25, 0.3) is 0 Å². The minimum Gasteiger partial charge on any atom is -0.450 e. The van der Waals surface area contributed by atoms with Gasteiger partial charge >= 0.3 is 0 Å². The number of rotatable bonds is 3. The molecule has 2 aromatic rings. The number of halogens is 2. The number of pyridine rings is 1. The number of aliphatic hydroxyl groups is 1. The molecule has 0 unspecified atom stereocenters. The highest BCUT2D eigenvalue weighted by Crippen LogP contribution is 2.28. The Balaban J connectivity index is 2.31. The lowest BCUT2D eigenvalue weighted by Crippen LogP contribution is -1.96. The fraction of sp³-hybridized carbons (Fsp3) is 0.154. The summed E-state index contributed by atoms with van der Waals surface area (Å²) in [6, 6.07) is 5.30. The van der Waals surface area contributed by atoms with Gasteiger partial charge in [0.2, 0.25) is 0 Å². The molecule has 18 heavy (non-hydrogen) atoms. The van der Waals surface area contributed by atoms with E-state index in [2.05, 4.69) is 4.98 Å². The molecule has 0 saturated heterocycles. The van der Waals surface area contributed by atoms with E-state index in [0.717, 1.165) is 17.8 Å². The van der Waals surface area contributed by atoms with Gasteiger partial charge in [-0.05, 0) is 36.8 Å². The Hall–Kier alpha value is -2.01. The first-order chi connectivity index (χ1) is 8.60. The summed E-state index contributed by atoms with van der Waals surface area (Å²) in [5.74, 6) is -1.98. The zero-order valence-electron chi connectivity index (χ0n) is 9.65. The Morgan fingerprint density at radius 1 is 1.22 bits per heavy atom. The predicted octanol–water partition coefficient (Wildman–Crippen LogP) is 2.95. The van der Waals surface area contributed by atoms with Crippen LogP contribution in [0.2, 0.25) is 0 Å². The number of aliphatic hydroxyl groups excluding tert-OH is 1. The van der Waals surface area contributed by atoms with Crippen LogP contribution < -0.4 is 4.74 Å². The second-order valence-electron chi connectivity index (χ2n) is 3.78. The van der Waals surface area contributed by atoms with E-state index >= 15 is 0 Å². The first-order valence-electron chi connectivity index (χ1n) is 5.29. The minimum atomic E-state index is -0.861. The van der Waals surface area contributed by atoms with Gasteiger partial charge in [-0.3, -0.25) is 4.98 Å². The molecule has 0 aliphatic carbocycles. The summed E-state index contributed by atoms with van der Waals surface area (Å²) in [7, 11) is 0. The van der Waals surface area contributed by atoms with Crippen molar-refractivity contribution < 1.29 is 18.6 Å².